The number of benzene rings is 2. The van der Waals surface area contributed by atoms with Crippen molar-refractivity contribution in [2.75, 3.05) is 6.54 Å². The highest BCUT2D eigenvalue weighted by molar-refractivity contribution is 9.10. The maximum absolute atomic E-state index is 13.9. The summed E-state index contributed by atoms with van der Waals surface area (Å²) in [5.41, 5.74) is 8.68. The molecule has 2 N–H and O–H groups in total. The van der Waals surface area contributed by atoms with Gasteiger partial charge in [-0.2, -0.15) is 0 Å². The summed E-state index contributed by atoms with van der Waals surface area (Å²) in [5.74, 6) is -0.182. The second-order valence-electron chi connectivity index (χ2n) is 5.07. The van der Waals surface area contributed by atoms with Crippen LogP contribution in [0.4, 0.5) is 4.39 Å². The van der Waals surface area contributed by atoms with Crippen molar-refractivity contribution in [1.82, 2.24) is 4.57 Å². The molecule has 0 unspecified atom stereocenters. The summed E-state index contributed by atoms with van der Waals surface area (Å²) < 4.78 is 16.9. The average Bonchev–Trinajstić information content (AvgIpc) is 2.88. The molecule has 21 heavy (non-hydrogen) atoms. The minimum atomic E-state index is -0.182. The van der Waals surface area contributed by atoms with Crippen molar-refractivity contribution in [2.24, 2.45) is 5.73 Å². The van der Waals surface area contributed by atoms with Gasteiger partial charge in [0.15, 0.2) is 0 Å². The molecule has 0 radical (unpaired) electrons. The van der Waals surface area contributed by atoms with Crippen molar-refractivity contribution in [1.29, 1.82) is 0 Å². The molecule has 0 saturated heterocycles. The highest BCUT2D eigenvalue weighted by atomic mass is 79.9. The molecule has 4 heteroatoms. The first-order valence-electron chi connectivity index (χ1n) is 6.90. The Morgan fingerprint density at radius 2 is 1.95 bits per heavy atom. The Labute approximate surface area is 131 Å². The first kappa shape index (κ1) is 14.3. The Kier molecular flexibility index (Phi) is 4.08. The van der Waals surface area contributed by atoms with Crippen LogP contribution in [0.15, 0.2) is 53.1 Å². The Morgan fingerprint density at radius 1 is 1.10 bits per heavy atom. The van der Waals surface area contributed by atoms with Crippen LogP contribution >= 0.6 is 15.9 Å². The monoisotopic (exact) mass is 346 g/mol. The van der Waals surface area contributed by atoms with Gasteiger partial charge in [-0.05, 0) is 48.9 Å². The summed E-state index contributed by atoms with van der Waals surface area (Å²) in [5, 5.41) is 1.19. The van der Waals surface area contributed by atoms with E-state index in [-0.39, 0.29) is 5.82 Å². The number of fused-ring (bicyclic) bond motifs is 1. The SMILES string of the molecule is NCCc1cccc2c1ccn2Cc1cc(Br)ccc1F. The number of aromatic nitrogens is 1. The topological polar surface area (TPSA) is 30.9 Å². The molecule has 3 rings (SSSR count). The smallest absolute Gasteiger partial charge is 0.128 e. The molecule has 0 spiro atoms. The van der Waals surface area contributed by atoms with Crippen LogP contribution in [-0.2, 0) is 13.0 Å². The Morgan fingerprint density at radius 3 is 2.76 bits per heavy atom. The molecular weight excluding hydrogens is 331 g/mol. The van der Waals surface area contributed by atoms with Gasteiger partial charge in [0, 0.05) is 27.1 Å². The fourth-order valence-electron chi connectivity index (χ4n) is 2.65. The summed E-state index contributed by atoms with van der Waals surface area (Å²) >= 11 is 3.39. The molecule has 0 bridgehead atoms. The molecule has 0 saturated carbocycles. The Bertz CT molecular complexity index is 780. The van der Waals surface area contributed by atoms with E-state index in [4.69, 9.17) is 5.73 Å². The van der Waals surface area contributed by atoms with Crippen LogP contribution in [0.3, 0.4) is 0 Å². The van der Waals surface area contributed by atoms with Gasteiger partial charge in [-0.3, -0.25) is 0 Å². The molecule has 0 fully saturated rings. The van der Waals surface area contributed by atoms with Gasteiger partial charge in [0.1, 0.15) is 5.82 Å². The number of hydrogen-bond donors (Lipinski definition) is 1. The van der Waals surface area contributed by atoms with E-state index in [0.717, 1.165) is 16.4 Å². The van der Waals surface area contributed by atoms with E-state index >= 15 is 0 Å². The molecule has 108 valence electrons. The molecule has 1 heterocycles. The van der Waals surface area contributed by atoms with Crippen LogP contribution in [0.25, 0.3) is 10.9 Å². The average molecular weight is 347 g/mol. The van der Waals surface area contributed by atoms with Crippen LogP contribution in [-0.4, -0.2) is 11.1 Å². The fraction of sp³-hybridized carbons (Fsp3) is 0.176. The molecule has 2 aromatic carbocycles. The predicted octanol–water partition coefficient (Wildman–Crippen LogP) is 4.09. The van der Waals surface area contributed by atoms with Crippen molar-refractivity contribution >= 4 is 26.8 Å². The highest BCUT2D eigenvalue weighted by Gasteiger charge is 2.08. The molecular formula is C17H16BrFN2. The summed E-state index contributed by atoms with van der Waals surface area (Å²) in [7, 11) is 0. The first-order chi connectivity index (χ1) is 10.2. The van der Waals surface area contributed by atoms with E-state index < -0.39 is 0 Å². The summed E-state index contributed by atoms with van der Waals surface area (Å²) in [6.45, 7) is 1.14. The van der Waals surface area contributed by atoms with E-state index in [0.29, 0.717) is 18.7 Å². The molecule has 3 aromatic rings. The van der Waals surface area contributed by atoms with E-state index in [2.05, 4.69) is 38.7 Å². The summed E-state index contributed by atoms with van der Waals surface area (Å²) in [6, 6.07) is 13.3. The van der Waals surface area contributed by atoms with Crippen LogP contribution in [0.2, 0.25) is 0 Å². The lowest BCUT2D eigenvalue weighted by atomic mass is 10.1. The normalized spacial score (nSPS) is 11.2. The predicted molar refractivity (Wildman–Crippen MR) is 87.9 cm³/mol. The molecule has 0 aliphatic carbocycles. The molecule has 0 atom stereocenters. The first-order valence-corrected chi connectivity index (χ1v) is 7.69. The second-order valence-corrected chi connectivity index (χ2v) is 5.98. The number of nitrogens with two attached hydrogens (primary N) is 1. The lowest BCUT2D eigenvalue weighted by molar-refractivity contribution is 0.601. The van der Waals surface area contributed by atoms with Gasteiger partial charge >= 0.3 is 0 Å². The van der Waals surface area contributed by atoms with Crippen molar-refractivity contribution in [3.8, 4) is 0 Å². The maximum atomic E-state index is 13.9. The zero-order chi connectivity index (χ0) is 14.8. The van der Waals surface area contributed by atoms with Crippen molar-refractivity contribution in [3.63, 3.8) is 0 Å². The number of rotatable bonds is 4. The summed E-state index contributed by atoms with van der Waals surface area (Å²) in [4.78, 5) is 0. The minimum absolute atomic E-state index is 0.182. The van der Waals surface area contributed by atoms with Crippen LogP contribution < -0.4 is 5.73 Å². The number of hydrogen-bond acceptors (Lipinski definition) is 1. The molecule has 0 aliphatic rings. The zero-order valence-electron chi connectivity index (χ0n) is 11.5. The number of nitrogens with zero attached hydrogens (tertiary/aromatic N) is 1. The van der Waals surface area contributed by atoms with Crippen LogP contribution in [0.1, 0.15) is 11.1 Å². The van der Waals surface area contributed by atoms with E-state index in [9.17, 15) is 4.39 Å². The van der Waals surface area contributed by atoms with Crippen molar-refractivity contribution < 1.29 is 4.39 Å². The lowest BCUT2D eigenvalue weighted by Gasteiger charge is -2.08. The van der Waals surface area contributed by atoms with Crippen LogP contribution in [0.5, 0.6) is 0 Å². The van der Waals surface area contributed by atoms with Gasteiger partial charge in [-0.1, -0.05) is 28.1 Å². The van der Waals surface area contributed by atoms with Gasteiger partial charge in [0.05, 0.1) is 6.54 Å². The van der Waals surface area contributed by atoms with E-state index in [1.165, 1.54) is 17.0 Å². The molecule has 1 aromatic heterocycles. The third-order valence-corrected chi connectivity index (χ3v) is 4.16. The maximum Gasteiger partial charge on any atom is 0.128 e. The molecule has 2 nitrogen and oxygen atoms in total. The van der Waals surface area contributed by atoms with Crippen LogP contribution in [0, 0.1) is 5.82 Å². The molecule has 0 amide bonds. The Hall–Kier alpha value is -1.65. The lowest BCUT2D eigenvalue weighted by Crippen LogP contribution is -2.03. The highest BCUT2D eigenvalue weighted by Crippen LogP contribution is 2.23. The molecule has 0 aliphatic heterocycles. The third-order valence-electron chi connectivity index (χ3n) is 3.67. The van der Waals surface area contributed by atoms with Crippen molar-refractivity contribution in [2.45, 2.75) is 13.0 Å². The number of halogens is 2. The van der Waals surface area contributed by atoms with E-state index in [1.807, 2.05) is 18.3 Å². The minimum Gasteiger partial charge on any atom is -0.343 e. The van der Waals surface area contributed by atoms with Crippen molar-refractivity contribution in [3.05, 3.63) is 70.1 Å². The van der Waals surface area contributed by atoms with Gasteiger partial charge in [-0.25, -0.2) is 4.39 Å². The quantitative estimate of drug-likeness (QED) is 0.757. The van der Waals surface area contributed by atoms with Gasteiger partial charge in [0.2, 0.25) is 0 Å². The zero-order valence-corrected chi connectivity index (χ0v) is 13.1. The Balaban J connectivity index is 2.01. The van der Waals surface area contributed by atoms with Gasteiger partial charge in [-0.15, -0.1) is 0 Å². The van der Waals surface area contributed by atoms with E-state index in [1.54, 1.807) is 6.07 Å². The largest absolute Gasteiger partial charge is 0.343 e. The summed E-state index contributed by atoms with van der Waals surface area (Å²) in [6.07, 6.45) is 2.86. The third kappa shape index (κ3) is 2.87. The van der Waals surface area contributed by atoms with Gasteiger partial charge < -0.3 is 10.3 Å². The van der Waals surface area contributed by atoms with Gasteiger partial charge in [0.25, 0.3) is 0 Å². The second kappa shape index (κ2) is 6.00. The fourth-order valence-corrected chi connectivity index (χ4v) is 3.06. The standard InChI is InChI=1S/C17H16BrFN2/c18-14-4-5-16(19)13(10-14)11-21-9-7-15-12(6-8-20)2-1-3-17(15)21/h1-5,7,9-10H,6,8,11,20H2.